The van der Waals surface area contributed by atoms with Gasteiger partial charge in [-0.15, -0.1) is 0 Å². The van der Waals surface area contributed by atoms with Crippen molar-refractivity contribution >= 4 is 11.9 Å². The van der Waals surface area contributed by atoms with Crippen molar-refractivity contribution in [2.75, 3.05) is 12.4 Å². The Morgan fingerprint density at radius 1 is 1.62 bits per heavy atom. The number of anilines is 1. The Labute approximate surface area is 93.7 Å². The molecule has 0 bridgehead atoms. The molecule has 1 aromatic rings. The van der Waals surface area contributed by atoms with E-state index in [2.05, 4.69) is 15.3 Å². The predicted octanol–water partition coefficient (Wildman–Crippen LogP) is 1.15. The van der Waals surface area contributed by atoms with Crippen LogP contribution in [0.3, 0.4) is 0 Å². The summed E-state index contributed by atoms with van der Waals surface area (Å²) < 4.78 is 4.94. The molecule has 16 heavy (non-hydrogen) atoms. The van der Waals surface area contributed by atoms with E-state index in [1.165, 1.54) is 7.11 Å². The lowest BCUT2D eigenvalue weighted by atomic mass is 10.0. The molecule has 0 radical (unpaired) electrons. The van der Waals surface area contributed by atoms with Crippen LogP contribution in [0.4, 0.5) is 5.95 Å². The minimum absolute atomic E-state index is 0.0203. The smallest absolute Gasteiger partial charge is 0.305 e. The molecule has 0 aliphatic heterocycles. The number of nitrogens with one attached hydrogen (secondary N) is 1. The van der Waals surface area contributed by atoms with Gasteiger partial charge in [-0.25, -0.2) is 4.98 Å². The number of ether oxygens (including phenoxy) is 1. The van der Waals surface area contributed by atoms with E-state index in [-0.39, 0.29) is 6.42 Å². The maximum atomic E-state index is 10.6. The lowest BCUT2D eigenvalue weighted by Crippen LogP contribution is -2.34. The van der Waals surface area contributed by atoms with E-state index in [0.717, 1.165) is 0 Å². The van der Waals surface area contributed by atoms with Crippen molar-refractivity contribution in [1.29, 1.82) is 0 Å². The summed E-state index contributed by atoms with van der Waals surface area (Å²) in [6.45, 7) is 3.54. The van der Waals surface area contributed by atoms with Crippen molar-refractivity contribution < 1.29 is 14.6 Å². The Balaban J connectivity index is 2.75. The fraction of sp³-hybridized carbons (Fsp3) is 0.500. The molecule has 1 heterocycles. The largest absolute Gasteiger partial charge is 0.481 e. The fourth-order valence-corrected chi connectivity index (χ4v) is 1.24. The lowest BCUT2D eigenvalue weighted by molar-refractivity contribution is -0.137. The van der Waals surface area contributed by atoms with E-state index < -0.39 is 11.5 Å². The van der Waals surface area contributed by atoms with E-state index in [4.69, 9.17) is 9.84 Å². The molecule has 88 valence electrons. The van der Waals surface area contributed by atoms with Crippen LogP contribution < -0.4 is 10.1 Å². The van der Waals surface area contributed by atoms with Crippen LogP contribution in [0.1, 0.15) is 20.3 Å². The second-order valence-corrected chi connectivity index (χ2v) is 4.00. The summed E-state index contributed by atoms with van der Waals surface area (Å²) in [4.78, 5) is 18.7. The second-order valence-electron chi connectivity index (χ2n) is 4.00. The van der Waals surface area contributed by atoms with Crippen molar-refractivity contribution in [1.82, 2.24) is 9.97 Å². The molecule has 0 fully saturated rings. The Kier molecular flexibility index (Phi) is 3.65. The van der Waals surface area contributed by atoms with Crippen LogP contribution in [0.25, 0.3) is 0 Å². The Morgan fingerprint density at radius 3 is 2.88 bits per heavy atom. The molecule has 6 nitrogen and oxygen atoms in total. The molecule has 0 aromatic carbocycles. The van der Waals surface area contributed by atoms with Gasteiger partial charge in [0.2, 0.25) is 11.8 Å². The minimum atomic E-state index is -0.875. The average Bonchev–Trinajstić information content (AvgIpc) is 2.15. The van der Waals surface area contributed by atoms with E-state index in [0.29, 0.717) is 11.8 Å². The summed E-state index contributed by atoms with van der Waals surface area (Å²) in [5, 5.41) is 11.7. The molecule has 0 saturated heterocycles. The highest BCUT2D eigenvalue weighted by Gasteiger charge is 2.22. The summed E-state index contributed by atoms with van der Waals surface area (Å²) in [5.41, 5.74) is -0.613. The van der Waals surface area contributed by atoms with Gasteiger partial charge in [-0.1, -0.05) is 0 Å². The topological polar surface area (TPSA) is 84.3 Å². The highest BCUT2D eigenvalue weighted by Crippen LogP contribution is 2.16. The molecule has 0 amide bonds. The van der Waals surface area contributed by atoms with Crippen LogP contribution in [0.5, 0.6) is 5.88 Å². The Morgan fingerprint density at radius 2 is 2.31 bits per heavy atom. The molecule has 6 heteroatoms. The monoisotopic (exact) mass is 225 g/mol. The number of carboxylic acids is 1. The first kappa shape index (κ1) is 12.2. The van der Waals surface area contributed by atoms with Crippen molar-refractivity contribution in [2.45, 2.75) is 25.8 Å². The van der Waals surface area contributed by atoms with E-state index in [1.807, 2.05) is 0 Å². The van der Waals surface area contributed by atoms with Crippen LogP contribution in [0.2, 0.25) is 0 Å². The van der Waals surface area contributed by atoms with Gasteiger partial charge in [0.1, 0.15) is 0 Å². The van der Waals surface area contributed by atoms with Crippen LogP contribution in [0.15, 0.2) is 12.3 Å². The number of hydrogen-bond donors (Lipinski definition) is 2. The quantitative estimate of drug-likeness (QED) is 0.782. The van der Waals surface area contributed by atoms with Gasteiger partial charge in [-0.3, -0.25) is 4.79 Å². The molecule has 0 atom stereocenters. The number of methoxy groups -OCH3 is 1. The third-order valence-electron chi connectivity index (χ3n) is 1.88. The van der Waals surface area contributed by atoms with Crippen LogP contribution in [0, 0.1) is 0 Å². The number of rotatable bonds is 5. The number of hydrogen-bond acceptors (Lipinski definition) is 5. The average molecular weight is 225 g/mol. The highest BCUT2D eigenvalue weighted by molar-refractivity contribution is 5.69. The van der Waals surface area contributed by atoms with E-state index in [1.54, 1.807) is 26.1 Å². The molecular formula is C10H15N3O3. The third-order valence-corrected chi connectivity index (χ3v) is 1.88. The van der Waals surface area contributed by atoms with Gasteiger partial charge in [-0.2, -0.15) is 4.98 Å². The van der Waals surface area contributed by atoms with Crippen LogP contribution >= 0.6 is 0 Å². The number of aliphatic carboxylic acids is 1. The van der Waals surface area contributed by atoms with E-state index >= 15 is 0 Å². The highest BCUT2D eigenvalue weighted by atomic mass is 16.5. The molecule has 0 aliphatic carbocycles. The first-order valence-corrected chi connectivity index (χ1v) is 4.80. The normalized spacial score (nSPS) is 10.9. The summed E-state index contributed by atoms with van der Waals surface area (Å²) >= 11 is 0. The SMILES string of the molecule is COc1ccnc(NC(C)(C)CC(=O)O)n1. The van der Waals surface area contributed by atoms with Gasteiger partial charge in [0.05, 0.1) is 13.5 Å². The van der Waals surface area contributed by atoms with Crippen molar-refractivity contribution in [3.8, 4) is 5.88 Å². The minimum Gasteiger partial charge on any atom is -0.481 e. The maximum absolute atomic E-state index is 10.6. The van der Waals surface area contributed by atoms with Gasteiger partial charge in [0, 0.05) is 17.8 Å². The van der Waals surface area contributed by atoms with Crippen molar-refractivity contribution in [2.24, 2.45) is 0 Å². The molecule has 0 saturated carbocycles. The van der Waals surface area contributed by atoms with Gasteiger partial charge < -0.3 is 15.2 Å². The molecule has 1 aromatic heterocycles. The first-order chi connectivity index (χ1) is 7.43. The molecule has 0 spiro atoms. The van der Waals surface area contributed by atoms with Crippen molar-refractivity contribution in [3.63, 3.8) is 0 Å². The summed E-state index contributed by atoms with van der Waals surface area (Å²) in [7, 11) is 1.51. The van der Waals surface area contributed by atoms with Gasteiger partial charge in [0.25, 0.3) is 0 Å². The number of carboxylic acid groups (broad SMARTS) is 1. The number of aromatic nitrogens is 2. The van der Waals surface area contributed by atoms with Gasteiger partial charge in [-0.05, 0) is 13.8 Å². The van der Waals surface area contributed by atoms with Gasteiger partial charge in [0.15, 0.2) is 0 Å². The molecule has 1 rings (SSSR count). The molecular weight excluding hydrogens is 210 g/mol. The zero-order valence-corrected chi connectivity index (χ0v) is 9.52. The predicted molar refractivity (Wildman–Crippen MR) is 58.5 cm³/mol. The van der Waals surface area contributed by atoms with Gasteiger partial charge >= 0.3 is 5.97 Å². The maximum Gasteiger partial charge on any atom is 0.305 e. The summed E-state index contributed by atoms with van der Waals surface area (Å²) in [6, 6.07) is 1.62. The zero-order valence-electron chi connectivity index (χ0n) is 9.52. The first-order valence-electron chi connectivity index (χ1n) is 4.80. The van der Waals surface area contributed by atoms with Crippen LogP contribution in [-0.2, 0) is 4.79 Å². The molecule has 2 N–H and O–H groups in total. The Hall–Kier alpha value is -1.85. The number of nitrogens with zero attached hydrogens (tertiary/aromatic N) is 2. The number of carbonyl (C=O) groups is 1. The fourth-order valence-electron chi connectivity index (χ4n) is 1.24. The summed E-state index contributed by atoms with van der Waals surface area (Å²) in [5.74, 6) is -0.0883. The zero-order chi connectivity index (χ0) is 12.2. The standard InChI is InChI=1S/C10H15N3O3/c1-10(2,6-8(14)15)13-9-11-5-4-7(12-9)16-3/h4-5H,6H2,1-3H3,(H,14,15)(H,11,12,13). The van der Waals surface area contributed by atoms with Crippen LogP contribution in [-0.4, -0.2) is 33.7 Å². The summed E-state index contributed by atoms with van der Waals surface area (Å²) in [6.07, 6.45) is 1.53. The third kappa shape index (κ3) is 3.72. The molecule has 0 unspecified atom stereocenters. The second kappa shape index (κ2) is 4.78. The lowest BCUT2D eigenvalue weighted by Gasteiger charge is -2.24. The van der Waals surface area contributed by atoms with E-state index in [9.17, 15) is 4.79 Å². The van der Waals surface area contributed by atoms with Crippen molar-refractivity contribution in [3.05, 3.63) is 12.3 Å². The molecule has 0 aliphatic rings. The Bertz CT molecular complexity index is 379.